The number of nitrogen functional groups attached to an aromatic ring is 1. The largest absolute Gasteiger partial charge is 0.487 e. The Bertz CT molecular complexity index is 969. The Labute approximate surface area is 159 Å². The summed E-state index contributed by atoms with van der Waals surface area (Å²) in [7, 11) is 0. The minimum atomic E-state index is -0.353. The van der Waals surface area contributed by atoms with Crippen molar-refractivity contribution in [3.05, 3.63) is 83.7 Å². The number of ether oxygens (including phenoxy) is 1. The number of anilines is 3. The Morgan fingerprint density at radius 2 is 1.70 bits per heavy atom. The molecule has 0 radical (unpaired) electrons. The van der Waals surface area contributed by atoms with Crippen LogP contribution >= 0.6 is 0 Å². The average Bonchev–Trinajstić information content (AvgIpc) is 2.95. The van der Waals surface area contributed by atoms with Gasteiger partial charge in [-0.3, -0.25) is 0 Å². The fraction of sp³-hybridized carbons (Fsp3) is 0.217. The summed E-state index contributed by atoms with van der Waals surface area (Å²) >= 11 is 0. The van der Waals surface area contributed by atoms with Crippen LogP contribution in [-0.2, 0) is 12.0 Å². The summed E-state index contributed by atoms with van der Waals surface area (Å²) in [5, 5.41) is 0. The molecule has 3 aromatic carbocycles. The second-order valence-electron chi connectivity index (χ2n) is 7.57. The first-order valence-electron chi connectivity index (χ1n) is 9.09. The number of nitrogens with two attached hydrogens (primary N) is 1. The van der Waals surface area contributed by atoms with E-state index in [1.165, 1.54) is 6.07 Å². The van der Waals surface area contributed by atoms with E-state index >= 15 is 0 Å². The lowest BCUT2D eigenvalue weighted by Gasteiger charge is -2.24. The maximum atomic E-state index is 14.8. The van der Waals surface area contributed by atoms with E-state index in [0.717, 1.165) is 16.9 Å². The maximum absolute atomic E-state index is 14.8. The molecule has 0 saturated carbocycles. The van der Waals surface area contributed by atoms with Crippen LogP contribution in [0.25, 0.3) is 0 Å². The summed E-state index contributed by atoms with van der Waals surface area (Å²) in [5.41, 5.74) is 9.93. The molecule has 3 nitrogen and oxygen atoms in total. The van der Waals surface area contributed by atoms with E-state index < -0.39 is 0 Å². The number of nitrogens with zero attached hydrogens (tertiary/aromatic N) is 1. The third-order valence-corrected chi connectivity index (χ3v) is 5.05. The van der Waals surface area contributed by atoms with Crippen molar-refractivity contribution in [1.29, 1.82) is 0 Å². The lowest BCUT2D eigenvalue weighted by Crippen LogP contribution is -2.26. The monoisotopic (exact) mass is 362 g/mol. The standard InChI is InChI=1S/C23H23FN2O/c1-23(2)15-26(19-11-7-6-10-18(19)25)22-20(13-12-17(24)21(22)23)27-14-16-8-4-3-5-9-16/h3-13H,14-15,25H2,1-2H3. The van der Waals surface area contributed by atoms with Crippen LogP contribution in [0.2, 0.25) is 0 Å². The average molecular weight is 362 g/mol. The summed E-state index contributed by atoms with van der Waals surface area (Å²) in [6, 6.07) is 20.9. The highest BCUT2D eigenvalue weighted by atomic mass is 19.1. The number of halogens is 1. The molecule has 0 bridgehead atoms. The summed E-state index contributed by atoms with van der Waals surface area (Å²) in [6.07, 6.45) is 0. The van der Waals surface area contributed by atoms with Crippen molar-refractivity contribution in [1.82, 2.24) is 0 Å². The summed E-state index contributed by atoms with van der Waals surface area (Å²) in [4.78, 5) is 2.08. The van der Waals surface area contributed by atoms with E-state index in [4.69, 9.17) is 10.5 Å². The SMILES string of the molecule is CC1(C)CN(c2ccccc2N)c2c(OCc3ccccc3)ccc(F)c21. The lowest BCUT2D eigenvalue weighted by atomic mass is 9.86. The zero-order chi connectivity index (χ0) is 19.0. The van der Waals surface area contributed by atoms with Crippen molar-refractivity contribution in [2.24, 2.45) is 0 Å². The molecule has 2 N–H and O–H groups in total. The molecule has 138 valence electrons. The van der Waals surface area contributed by atoms with Crippen molar-refractivity contribution in [3.8, 4) is 5.75 Å². The van der Waals surface area contributed by atoms with E-state index in [1.807, 2.05) is 54.6 Å². The van der Waals surface area contributed by atoms with Gasteiger partial charge in [0.15, 0.2) is 0 Å². The molecule has 0 aliphatic carbocycles. The molecule has 0 atom stereocenters. The van der Waals surface area contributed by atoms with Crippen molar-refractivity contribution in [3.63, 3.8) is 0 Å². The zero-order valence-electron chi connectivity index (χ0n) is 15.6. The minimum Gasteiger partial charge on any atom is -0.487 e. The van der Waals surface area contributed by atoms with E-state index in [-0.39, 0.29) is 11.2 Å². The Morgan fingerprint density at radius 1 is 1.00 bits per heavy atom. The first-order valence-corrected chi connectivity index (χ1v) is 9.09. The van der Waals surface area contributed by atoms with Crippen molar-refractivity contribution in [2.45, 2.75) is 25.9 Å². The maximum Gasteiger partial charge on any atom is 0.143 e. The quantitative estimate of drug-likeness (QED) is 0.630. The minimum absolute atomic E-state index is 0.209. The molecule has 1 aliphatic heterocycles. The molecular weight excluding hydrogens is 339 g/mol. The number of hydrogen-bond acceptors (Lipinski definition) is 3. The molecule has 4 heteroatoms. The second-order valence-corrected chi connectivity index (χ2v) is 7.57. The van der Waals surface area contributed by atoms with E-state index in [0.29, 0.717) is 30.2 Å². The van der Waals surface area contributed by atoms with Crippen molar-refractivity contribution < 1.29 is 9.13 Å². The first kappa shape index (κ1) is 17.4. The van der Waals surface area contributed by atoms with Gasteiger partial charge in [-0.25, -0.2) is 4.39 Å². The van der Waals surface area contributed by atoms with Gasteiger partial charge >= 0.3 is 0 Å². The predicted octanol–water partition coefficient (Wildman–Crippen LogP) is 5.42. The van der Waals surface area contributed by atoms with Gasteiger partial charge in [0, 0.05) is 17.5 Å². The van der Waals surface area contributed by atoms with Crippen LogP contribution in [0.15, 0.2) is 66.7 Å². The van der Waals surface area contributed by atoms with E-state index in [9.17, 15) is 4.39 Å². The molecule has 0 spiro atoms. The molecule has 1 heterocycles. The highest BCUT2D eigenvalue weighted by Gasteiger charge is 2.41. The molecule has 3 aromatic rings. The van der Waals surface area contributed by atoms with E-state index in [2.05, 4.69) is 18.7 Å². The summed E-state index contributed by atoms with van der Waals surface area (Å²) in [5.74, 6) is 0.461. The Hall–Kier alpha value is -3.01. The van der Waals surface area contributed by atoms with Crippen molar-refractivity contribution >= 4 is 17.1 Å². The number of rotatable bonds is 4. The topological polar surface area (TPSA) is 38.5 Å². The van der Waals surface area contributed by atoms with Gasteiger partial charge in [-0.2, -0.15) is 0 Å². The van der Waals surface area contributed by atoms with Gasteiger partial charge in [-0.05, 0) is 29.8 Å². The van der Waals surface area contributed by atoms with Gasteiger partial charge in [-0.1, -0.05) is 56.3 Å². The van der Waals surface area contributed by atoms with Crippen LogP contribution in [0, 0.1) is 5.82 Å². The summed E-state index contributed by atoms with van der Waals surface area (Å²) in [6.45, 7) is 5.17. The fourth-order valence-corrected chi connectivity index (χ4v) is 3.80. The zero-order valence-corrected chi connectivity index (χ0v) is 15.6. The fourth-order valence-electron chi connectivity index (χ4n) is 3.80. The van der Waals surface area contributed by atoms with Crippen LogP contribution in [0.4, 0.5) is 21.5 Å². The van der Waals surface area contributed by atoms with Gasteiger partial charge in [0.2, 0.25) is 0 Å². The van der Waals surface area contributed by atoms with Crippen LogP contribution < -0.4 is 15.4 Å². The highest BCUT2D eigenvalue weighted by molar-refractivity contribution is 5.83. The smallest absolute Gasteiger partial charge is 0.143 e. The van der Waals surface area contributed by atoms with Crippen LogP contribution in [0.3, 0.4) is 0 Å². The number of para-hydroxylation sites is 2. The number of fused-ring (bicyclic) bond motifs is 1. The summed E-state index contributed by atoms with van der Waals surface area (Å²) < 4.78 is 20.9. The Morgan fingerprint density at radius 3 is 2.44 bits per heavy atom. The van der Waals surface area contributed by atoms with Gasteiger partial charge < -0.3 is 15.4 Å². The van der Waals surface area contributed by atoms with Gasteiger partial charge in [-0.15, -0.1) is 0 Å². The molecule has 0 unspecified atom stereocenters. The molecule has 27 heavy (non-hydrogen) atoms. The second kappa shape index (κ2) is 6.62. The highest BCUT2D eigenvalue weighted by Crippen LogP contribution is 2.51. The first-order chi connectivity index (χ1) is 13.0. The van der Waals surface area contributed by atoms with E-state index in [1.54, 1.807) is 6.07 Å². The number of hydrogen-bond donors (Lipinski definition) is 1. The Kier molecular flexibility index (Phi) is 4.27. The molecule has 0 amide bonds. The van der Waals surface area contributed by atoms with Crippen LogP contribution in [0.5, 0.6) is 5.75 Å². The third-order valence-electron chi connectivity index (χ3n) is 5.05. The predicted molar refractivity (Wildman–Crippen MR) is 108 cm³/mol. The number of benzene rings is 3. The molecule has 4 rings (SSSR count). The van der Waals surface area contributed by atoms with Gasteiger partial charge in [0.05, 0.1) is 17.1 Å². The lowest BCUT2D eigenvalue weighted by molar-refractivity contribution is 0.306. The normalized spacial score (nSPS) is 14.9. The van der Waals surface area contributed by atoms with Crippen LogP contribution in [0.1, 0.15) is 25.0 Å². The molecular formula is C23H23FN2O. The van der Waals surface area contributed by atoms with Gasteiger partial charge in [0.25, 0.3) is 0 Å². The molecule has 0 aromatic heterocycles. The molecule has 0 fully saturated rings. The van der Waals surface area contributed by atoms with Gasteiger partial charge in [0.1, 0.15) is 18.2 Å². The molecule has 1 aliphatic rings. The third kappa shape index (κ3) is 3.12. The van der Waals surface area contributed by atoms with Crippen molar-refractivity contribution in [2.75, 3.05) is 17.2 Å². The molecule has 0 saturated heterocycles. The Balaban J connectivity index is 1.79. The van der Waals surface area contributed by atoms with Crippen LogP contribution in [-0.4, -0.2) is 6.54 Å².